The summed E-state index contributed by atoms with van der Waals surface area (Å²) in [4.78, 5) is 18.8. The summed E-state index contributed by atoms with van der Waals surface area (Å²) >= 11 is 0. The smallest absolute Gasteiger partial charge is 0.356 e. The number of aryl methyl sites for hydroxylation is 2. The van der Waals surface area contributed by atoms with E-state index in [1.165, 1.54) is 0 Å². The zero-order valence-corrected chi connectivity index (χ0v) is 7.37. The molecule has 13 heavy (non-hydrogen) atoms. The van der Waals surface area contributed by atoms with Gasteiger partial charge in [-0.05, 0) is 25.0 Å². The lowest BCUT2D eigenvalue weighted by atomic mass is 10.2. The fourth-order valence-corrected chi connectivity index (χ4v) is 1.13. The van der Waals surface area contributed by atoms with Crippen LogP contribution in [0.15, 0.2) is 21.6 Å². The van der Waals surface area contributed by atoms with Gasteiger partial charge in [0.05, 0.1) is 0 Å². The molecule has 2 heterocycles. The second-order valence-electron chi connectivity index (χ2n) is 2.90. The molecule has 2 rings (SSSR count). The number of nitrogens with zero attached hydrogens (tertiary/aromatic N) is 2. The van der Waals surface area contributed by atoms with Gasteiger partial charge in [0.25, 0.3) is 0 Å². The maximum absolute atomic E-state index is 10.8. The molecule has 0 aromatic carbocycles. The highest BCUT2D eigenvalue weighted by molar-refractivity contribution is 5.72. The lowest BCUT2D eigenvalue weighted by Gasteiger charge is -2.00. The zero-order valence-electron chi connectivity index (χ0n) is 7.37. The van der Waals surface area contributed by atoms with Gasteiger partial charge in [-0.3, -0.25) is 0 Å². The summed E-state index contributed by atoms with van der Waals surface area (Å²) in [5.41, 5.74) is 2.51. The third-order valence-corrected chi connectivity index (χ3v) is 2.02. The molecule has 4 heteroatoms. The van der Waals surface area contributed by atoms with Crippen LogP contribution in [0.3, 0.4) is 0 Å². The molecule has 0 atom stereocenters. The summed E-state index contributed by atoms with van der Waals surface area (Å²) < 4.78 is 4.87. The van der Waals surface area contributed by atoms with Crippen LogP contribution < -0.4 is 5.63 Å². The topological polar surface area (TPSA) is 56.0 Å². The third kappa shape index (κ3) is 1.20. The number of pyridine rings is 1. The van der Waals surface area contributed by atoms with Crippen LogP contribution in [0.4, 0.5) is 0 Å². The summed E-state index contributed by atoms with van der Waals surface area (Å²) in [6, 6.07) is 0. The van der Waals surface area contributed by atoms with Gasteiger partial charge in [-0.2, -0.15) is 0 Å². The van der Waals surface area contributed by atoms with Crippen LogP contribution in [-0.4, -0.2) is 9.97 Å². The van der Waals surface area contributed by atoms with Gasteiger partial charge in [-0.15, -0.1) is 0 Å². The highest BCUT2D eigenvalue weighted by atomic mass is 16.4. The van der Waals surface area contributed by atoms with E-state index in [9.17, 15) is 4.79 Å². The zero-order chi connectivity index (χ0) is 9.42. The number of rotatable bonds is 0. The van der Waals surface area contributed by atoms with Crippen molar-refractivity contribution in [2.45, 2.75) is 13.8 Å². The lowest BCUT2D eigenvalue weighted by Crippen LogP contribution is -2.00. The Morgan fingerprint density at radius 3 is 2.77 bits per heavy atom. The minimum Gasteiger partial charge on any atom is -0.401 e. The van der Waals surface area contributed by atoms with E-state index >= 15 is 0 Å². The molecule has 0 amide bonds. The van der Waals surface area contributed by atoms with Crippen molar-refractivity contribution < 1.29 is 4.42 Å². The van der Waals surface area contributed by atoms with E-state index in [0.717, 1.165) is 17.3 Å². The summed E-state index contributed by atoms with van der Waals surface area (Å²) in [6.07, 6.45) is 2.83. The van der Waals surface area contributed by atoms with Crippen LogP contribution in [-0.2, 0) is 0 Å². The second kappa shape index (κ2) is 2.65. The molecule has 0 spiro atoms. The monoisotopic (exact) mass is 176 g/mol. The fraction of sp³-hybridized carbons (Fsp3) is 0.222. The van der Waals surface area contributed by atoms with Gasteiger partial charge in [-0.25, -0.2) is 14.8 Å². The highest BCUT2D eigenvalue weighted by Gasteiger charge is 2.04. The maximum Gasteiger partial charge on any atom is 0.356 e. The Morgan fingerprint density at radius 2 is 2.00 bits per heavy atom. The van der Waals surface area contributed by atoms with E-state index in [1.54, 1.807) is 6.20 Å². The molecule has 0 bridgehead atoms. The molecule has 0 fully saturated rings. The van der Waals surface area contributed by atoms with Crippen LogP contribution in [0.1, 0.15) is 11.1 Å². The minimum absolute atomic E-state index is 0.301. The largest absolute Gasteiger partial charge is 0.401 e. The van der Waals surface area contributed by atoms with Gasteiger partial charge in [-0.1, -0.05) is 0 Å². The highest BCUT2D eigenvalue weighted by Crippen LogP contribution is 2.14. The predicted octanol–water partition coefficient (Wildman–Crippen LogP) is 1.20. The van der Waals surface area contributed by atoms with Gasteiger partial charge >= 0.3 is 5.63 Å². The molecular formula is C9H8N2O2. The quantitative estimate of drug-likeness (QED) is 0.605. The molecule has 0 aliphatic heterocycles. The number of fused-ring (bicyclic) bond motifs is 1. The summed E-state index contributed by atoms with van der Waals surface area (Å²) in [5.74, 6) is 0. The molecule has 0 radical (unpaired) electrons. The molecule has 0 aliphatic carbocycles. The van der Waals surface area contributed by atoms with Crippen LogP contribution in [0, 0.1) is 13.8 Å². The van der Waals surface area contributed by atoms with Crippen molar-refractivity contribution in [1.82, 2.24) is 9.97 Å². The van der Waals surface area contributed by atoms with Gasteiger partial charge < -0.3 is 4.42 Å². The summed E-state index contributed by atoms with van der Waals surface area (Å²) in [6.45, 7) is 3.86. The van der Waals surface area contributed by atoms with E-state index in [4.69, 9.17) is 4.42 Å². The Morgan fingerprint density at radius 1 is 1.23 bits per heavy atom. The Bertz CT molecular complexity index is 516. The number of aromatic nitrogens is 2. The van der Waals surface area contributed by atoms with E-state index < -0.39 is 5.63 Å². The summed E-state index contributed by atoms with van der Waals surface area (Å²) in [5, 5.41) is 0. The average molecular weight is 176 g/mol. The van der Waals surface area contributed by atoms with Crippen molar-refractivity contribution in [2.24, 2.45) is 0 Å². The SMILES string of the molecule is Cc1cnc2oc(=O)cnc2c1C. The first-order valence-electron chi connectivity index (χ1n) is 3.90. The van der Waals surface area contributed by atoms with E-state index in [-0.39, 0.29) is 0 Å². The summed E-state index contributed by atoms with van der Waals surface area (Å²) in [7, 11) is 0. The Labute approximate surface area is 74.2 Å². The van der Waals surface area contributed by atoms with Crippen molar-refractivity contribution in [3.05, 3.63) is 33.9 Å². The van der Waals surface area contributed by atoms with Gasteiger partial charge in [0.15, 0.2) is 0 Å². The third-order valence-electron chi connectivity index (χ3n) is 2.02. The van der Waals surface area contributed by atoms with Crippen molar-refractivity contribution >= 4 is 11.2 Å². The molecule has 2 aromatic rings. The molecule has 0 unspecified atom stereocenters. The predicted molar refractivity (Wildman–Crippen MR) is 47.5 cm³/mol. The van der Waals surface area contributed by atoms with E-state index in [2.05, 4.69) is 9.97 Å². The van der Waals surface area contributed by atoms with E-state index in [1.807, 2.05) is 13.8 Å². The molecule has 0 N–H and O–H groups in total. The molecule has 4 nitrogen and oxygen atoms in total. The molecule has 66 valence electrons. The van der Waals surface area contributed by atoms with Crippen molar-refractivity contribution in [3.63, 3.8) is 0 Å². The van der Waals surface area contributed by atoms with Crippen molar-refractivity contribution in [1.29, 1.82) is 0 Å². The van der Waals surface area contributed by atoms with Crippen molar-refractivity contribution in [2.75, 3.05) is 0 Å². The molecule has 0 aliphatic rings. The van der Waals surface area contributed by atoms with Gasteiger partial charge in [0.1, 0.15) is 11.7 Å². The fourth-order valence-electron chi connectivity index (χ4n) is 1.13. The second-order valence-corrected chi connectivity index (χ2v) is 2.90. The first-order valence-corrected chi connectivity index (χ1v) is 3.90. The van der Waals surface area contributed by atoms with Crippen LogP contribution >= 0.6 is 0 Å². The van der Waals surface area contributed by atoms with Gasteiger partial charge in [0, 0.05) is 6.20 Å². The number of hydrogen-bond acceptors (Lipinski definition) is 4. The Balaban J connectivity index is 2.95. The first kappa shape index (κ1) is 7.91. The average Bonchev–Trinajstić information content (AvgIpc) is 2.12. The first-order chi connectivity index (χ1) is 6.18. The number of hydrogen-bond donors (Lipinski definition) is 0. The molecule has 0 saturated carbocycles. The molecule has 0 saturated heterocycles. The van der Waals surface area contributed by atoms with Gasteiger partial charge in [0.2, 0.25) is 5.71 Å². The van der Waals surface area contributed by atoms with Crippen LogP contribution in [0.2, 0.25) is 0 Å². The normalized spacial score (nSPS) is 10.6. The Hall–Kier alpha value is -1.71. The Kier molecular flexibility index (Phi) is 1.62. The molecular weight excluding hydrogens is 168 g/mol. The standard InChI is InChI=1S/C9H8N2O2/c1-5-3-11-9-8(6(5)2)10-4-7(12)13-9/h3-4H,1-2H3. The lowest BCUT2D eigenvalue weighted by molar-refractivity contribution is 0.543. The van der Waals surface area contributed by atoms with Crippen molar-refractivity contribution in [3.8, 4) is 0 Å². The van der Waals surface area contributed by atoms with Crippen LogP contribution in [0.5, 0.6) is 0 Å². The molecule has 2 aromatic heterocycles. The van der Waals surface area contributed by atoms with E-state index in [0.29, 0.717) is 11.2 Å². The van der Waals surface area contributed by atoms with Crippen LogP contribution in [0.25, 0.3) is 11.2 Å². The minimum atomic E-state index is -0.469. The maximum atomic E-state index is 10.8.